The first-order chi connectivity index (χ1) is 11.0. The molecule has 0 radical (unpaired) electrons. The van der Waals surface area contributed by atoms with E-state index in [4.69, 9.17) is 0 Å². The Kier molecular flexibility index (Phi) is 4.12. The maximum Gasteiger partial charge on any atom is 0.251 e. The molecule has 1 heterocycles. The van der Waals surface area contributed by atoms with Gasteiger partial charge in [-0.1, -0.05) is 12.1 Å². The van der Waals surface area contributed by atoms with Gasteiger partial charge in [-0.05, 0) is 48.9 Å². The minimum atomic E-state index is -0.907. The molecule has 5 heteroatoms. The van der Waals surface area contributed by atoms with Gasteiger partial charge in [-0.25, -0.2) is 4.39 Å². The molecule has 0 spiro atoms. The number of hydrogen-bond donors (Lipinski definition) is 3. The Morgan fingerprint density at radius 3 is 2.65 bits per heavy atom. The molecule has 0 fully saturated rings. The number of hydrogen-bond acceptors (Lipinski definition) is 2. The Balaban J connectivity index is 1.72. The zero-order chi connectivity index (χ0) is 16.4. The van der Waals surface area contributed by atoms with Crippen LogP contribution in [0.3, 0.4) is 0 Å². The number of aromatic nitrogens is 1. The standard InChI is InChI=1S/C18H17FN2O2/c1-11(17(22)12-2-5-15(19)6-3-12)21-18(23)14-4-7-16-13(10-14)8-9-20-16/h2-11,17,20,22H,1H3,(H,21,23)/t11-,17-/m1/s1. The summed E-state index contributed by atoms with van der Waals surface area (Å²) in [6, 6.07) is 12.3. The van der Waals surface area contributed by atoms with Crippen molar-refractivity contribution in [3.05, 3.63) is 71.7 Å². The van der Waals surface area contributed by atoms with Crippen molar-refractivity contribution in [2.24, 2.45) is 0 Å². The van der Waals surface area contributed by atoms with E-state index >= 15 is 0 Å². The van der Waals surface area contributed by atoms with Crippen molar-refractivity contribution in [1.29, 1.82) is 0 Å². The molecule has 0 aliphatic heterocycles. The topological polar surface area (TPSA) is 65.1 Å². The Morgan fingerprint density at radius 2 is 1.91 bits per heavy atom. The molecule has 0 bridgehead atoms. The van der Waals surface area contributed by atoms with Crippen LogP contribution in [-0.4, -0.2) is 22.0 Å². The first kappa shape index (κ1) is 15.2. The molecule has 23 heavy (non-hydrogen) atoms. The van der Waals surface area contributed by atoms with Crippen LogP contribution >= 0.6 is 0 Å². The molecule has 4 nitrogen and oxygen atoms in total. The molecule has 2 aromatic carbocycles. The minimum Gasteiger partial charge on any atom is -0.386 e. The van der Waals surface area contributed by atoms with Crippen molar-refractivity contribution in [2.45, 2.75) is 19.1 Å². The van der Waals surface area contributed by atoms with Crippen LogP contribution in [0.4, 0.5) is 4.39 Å². The van der Waals surface area contributed by atoms with Gasteiger partial charge in [-0.2, -0.15) is 0 Å². The smallest absolute Gasteiger partial charge is 0.251 e. The molecule has 0 saturated heterocycles. The van der Waals surface area contributed by atoms with E-state index in [0.717, 1.165) is 10.9 Å². The Labute approximate surface area is 133 Å². The summed E-state index contributed by atoms with van der Waals surface area (Å²) in [6.07, 6.45) is 0.906. The molecule has 1 aromatic heterocycles. The summed E-state index contributed by atoms with van der Waals surface area (Å²) < 4.78 is 12.9. The number of nitrogens with one attached hydrogen (secondary N) is 2. The number of halogens is 1. The summed E-state index contributed by atoms with van der Waals surface area (Å²) in [5, 5.41) is 14.0. The average Bonchev–Trinajstić information content (AvgIpc) is 3.02. The summed E-state index contributed by atoms with van der Waals surface area (Å²) in [5.74, 6) is -0.626. The lowest BCUT2D eigenvalue weighted by molar-refractivity contribution is 0.0852. The number of rotatable bonds is 4. The molecule has 2 atom stereocenters. The zero-order valence-corrected chi connectivity index (χ0v) is 12.6. The van der Waals surface area contributed by atoms with Crippen LogP contribution in [0.1, 0.15) is 28.9 Å². The van der Waals surface area contributed by atoms with E-state index in [9.17, 15) is 14.3 Å². The second-order valence-electron chi connectivity index (χ2n) is 5.54. The van der Waals surface area contributed by atoms with Crippen molar-refractivity contribution < 1.29 is 14.3 Å². The van der Waals surface area contributed by atoms with E-state index in [1.54, 1.807) is 19.1 Å². The Hall–Kier alpha value is -2.66. The normalized spacial score (nSPS) is 13.7. The van der Waals surface area contributed by atoms with Gasteiger partial charge in [0.25, 0.3) is 5.91 Å². The highest BCUT2D eigenvalue weighted by molar-refractivity contribution is 5.98. The summed E-state index contributed by atoms with van der Waals surface area (Å²) in [7, 11) is 0. The number of carbonyl (C=O) groups excluding carboxylic acids is 1. The van der Waals surface area contributed by atoms with Crippen LogP contribution in [0.15, 0.2) is 54.7 Å². The number of aliphatic hydroxyl groups is 1. The molecule has 3 N–H and O–H groups in total. The minimum absolute atomic E-state index is 0.262. The van der Waals surface area contributed by atoms with Crippen molar-refractivity contribution in [3.8, 4) is 0 Å². The average molecular weight is 312 g/mol. The molecular formula is C18H17FN2O2. The van der Waals surface area contributed by atoms with E-state index in [0.29, 0.717) is 11.1 Å². The highest BCUT2D eigenvalue weighted by Gasteiger charge is 2.19. The third kappa shape index (κ3) is 3.24. The fourth-order valence-electron chi connectivity index (χ4n) is 2.51. The number of H-pyrrole nitrogens is 1. The third-order valence-corrected chi connectivity index (χ3v) is 3.86. The van der Waals surface area contributed by atoms with Gasteiger partial charge in [-0.15, -0.1) is 0 Å². The molecule has 3 aromatic rings. The maximum atomic E-state index is 12.9. The van der Waals surface area contributed by atoms with Crippen LogP contribution < -0.4 is 5.32 Å². The first-order valence-corrected chi connectivity index (χ1v) is 7.36. The van der Waals surface area contributed by atoms with Crippen LogP contribution in [0.2, 0.25) is 0 Å². The lowest BCUT2D eigenvalue weighted by atomic mass is 10.0. The molecular weight excluding hydrogens is 295 g/mol. The zero-order valence-electron chi connectivity index (χ0n) is 12.6. The number of carbonyl (C=O) groups is 1. The highest BCUT2D eigenvalue weighted by Crippen LogP contribution is 2.18. The largest absolute Gasteiger partial charge is 0.386 e. The fraction of sp³-hybridized carbons (Fsp3) is 0.167. The molecule has 3 rings (SSSR count). The molecule has 0 unspecified atom stereocenters. The first-order valence-electron chi connectivity index (χ1n) is 7.36. The summed E-state index contributed by atoms with van der Waals surface area (Å²) in [6.45, 7) is 1.71. The monoisotopic (exact) mass is 312 g/mol. The molecule has 1 amide bonds. The van der Waals surface area contributed by atoms with Gasteiger partial charge in [0.1, 0.15) is 5.82 Å². The molecule has 118 valence electrons. The van der Waals surface area contributed by atoms with E-state index < -0.39 is 12.1 Å². The predicted molar refractivity (Wildman–Crippen MR) is 86.6 cm³/mol. The summed E-state index contributed by atoms with van der Waals surface area (Å²) >= 11 is 0. The molecule has 0 aliphatic rings. The van der Waals surface area contributed by atoms with Gasteiger partial charge in [0.15, 0.2) is 0 Å². The van der Waals surface area contributed by atoms with Gasteiger partial charge >= 0.3 is 0 Å². The summed E-state index contributed by atoms with van der Waals surface area (Å²) in [4.78, 5) is 15.4. The highest BCUT2D eigenvalue weighted by atomic mass is 19.1. The third-order valence-electron chi connectivity index (χ3n) is 3.86. The predicted octanol–water partition coefficient (Wildman–Crippen LogP) is 3.16. The summed E-state index contributed by atoms with van der Waals surface area (Å²) in [5.41, 5.74) is 2.04. The van der Waals surface area contributed by atoms with Crippen LogP contribution in [-0.2, 0) is 0 Å². The van der Waals surface area contributed by atoms with E-state index in [1.165, 1.54) is 24.3 Å². The SMILES string of the molecule is C[C@@H](NC(=O)c1ccc2[nH]ccc2c1)[C@@H](O)c1ccc(F)cc1. The molecule has 0 saturated carbocycles. The lowest BCUT2D eigenvalue weighted by Gasteiger charge is -2.20. The molecule has 0 aliphatic carbocycles. The van der Waals surface area contributed by atoms with Crippen LogP contribution in [0.25, 0.3) is 10.9 Å². The maximum absolute atomic E-state index is 12.9. The van der Waals surface area contributed by atoms with Crippen LogP contribution in [0.5, 0.6) is 0 Å². The number of amides is 1. The van der Waals surface area contributed by atoms with Gasteiger partial charge < -0.3 is 15.4 Å². The number of benzene rings is 2. The number of aliphatic hydroxyl groups excluding tert-OH is 1. The van der Waals surface area contributed by atoms with Gasteiger partial charge in [0.05, 0.1) is 12.1 Å². The van der Waals surface area contributed by atoms with Crippen molar-refractivity contribution in [3.63, 3.8) is 0 Å². The van der Waals surface area contributed by atoms with E-state index in [1.807, 2.05) is 18.3 Å². The van der Waals surface area contributed by atoms with Crippen molar-refractivity contribution >= 4 is 16.8 Å². The number of aromatic amines is 1. The second kappa shape index (κ2) is 6.22. The van der Waals surface area contributed by atoms with Gasteiger partial charge in [-0.3, -0.25) is 4.79 Å². The quantitative estimate of drug-likeness (QED) is 0.693. The van der Waals surface area contributed by atoms with Crippen molar-refractivity contribution in [2.75, 3.05) is 0 Å². The van der Waals surface area contributed by atoms with Gasteiger partial charge in [0.2, 0.25) is 0 Å². The van der Waals surface area contributed by atoms with Crippen molar-refractivity contribution in [1.82, 2.24) is 10.3 Å². The lowest BCUT2D eigenvalue weighted by Crippen LogP contribution is -2.37. The Bertz CT molecular complexity index is 826. The van der Waals surface area contributed by atoms with E-state index in [-0.39, 0.29) is 11.7 Å². The Morgan fingerprint density at radius 1 is 1.17 bits per heavy atom. The van der Waals surface area contributed by atoms with Crippen LogP contribution in [0, 0.1) is 5.82 Å². The number of fused-ring (bicyclic) bond motifs is 1. The second-order valence-corrected chi connectivity index (χ2v) is 5.54. The van der Waals surface area contributed by atoms with Gasteiger partial charge in [0, 0.05) is 22.7 Å². The fourth-order valence-corrected chi connectivity index (χ4v) is 2.51. The van der Waals surface area contributed by atoms with E-state index in [2.05, 4.69) is 10.3 Å².